The Morgan fingerprint density at radius 1 is 1.15 bits per heavy atom. The zero-order valence-electron chi connectivity index (χ0n) is 11.3. The van der Waals surface area contributed by atoms with Gasteiger partial charge in [-0.2, -0.15) is 0 Å². The highest BCUT2D eigenvalue weighted by Crippen LogP contribution is 2.38. The maximum absolute atomic E-state index is 12.9. The van der Waals surface area contributed by atoms with E-state index in [2.05, 4.69) is 6.07 Å². The molecule has 1 aliphatic heterocycles. The summed E-state index contributed by atoms with van der Waals surface area (Å²) in [5, 5.41) is 0. The van der Waals surface area contributed by atoms with Crippen LogP contribution in [0.25, 0.3) is 0 Å². The van der Waals surface area contributed by atoms with Gasteiger partial charge in [0.1, 0.15) is 11.6 Å². The molecule has 0 saturated carbocycles. The standard InChI is InChI=1S/C17H18FNO/c18-14-7-5-12(6-8-14)16(19)11-13-9-10-20-17-4-2-1-3-15(13)17/h1-8,13,16H,9-11,19H2. The second kappa shape index (κ2) is 5.63. The van der Waals surface area contributed by atoms with Crippen molar-refractivity contribution in [2.45, 2.75) is 24.8 Å². The summed E-state index contributed by atoms with van der Waals surface area (Å²) in [5.74, 6) is 1.15. The van der Waals surface area contributed by atoms with Gasteiger partial charge in [0.25, 0.3) is 0 Å². The SMILES string of the molecule is NC(CC1CCOc2ccccc21)c1ccc(F)cc1. The van der Waals surface area contributed by atoms with Crippen molar-refractivity contribution in [3.8, 4) is 5.75 Å². The molecule has 1 aliphatic rings. The maximum Gasteiger partial charge on any atom is 0.123 e. The largest absolute Gasteiger partial charge is 0.493 e. The van der Waals surface area contributed by atoms with Crippen LogP contribution in [0.4, 0.5) is 4.39 Å². The number of nitrogens with two attached hydrogens (primary N) is 1. The van der Waals surface area contributed by atoms with Gasteiger partial charge in [-0.1, -0.05) is 30.3 Å². The first-order valence-electron chi connectivity index (χ1n) is 6.97. The van der Waals surface area contributed by atoms with Crippen LogP contribution in [0.5, 0.6) is 5.75 Å². The molecule has 104 valence electrons. The summed E-state index contributed by atoms with van der Waals surface area (Å²) in [6.07, 6.45) is 1.83. The van der Waals surface area contributed by atoms with Crippen molar-refractivity contribution in [2.75, 3.05) is 6.61 Å². The third-order valence-corrected chi connectivity index (χ3v) is 3.92. The highest BCUT2D eigenvalue weighted by molar-refractivity contribution is 5.38. The molecule has 2 atom stereocenters. The average Bonchev–Trinajstić information content (AvgIpc) is 2.48. The number of fused-ring (bicyclic) bond motifs is 1. The van der Waals surface area contributed by atoms with E-state index in [0.717, 1.165) is 30.8 Å². The van der Waals surface area contributed by atoms with Crippen molar-refractivity contribution in [1.82, 2.24) is 0 Å². The molecule has 2 nitrogen and oxygen atoms in total. The van der Waals surface area contributed by atoms with Crippen LogP contribution in [0.15, 0.2) is 48.5 Å². The molecule has 0 fully saturated rings. The molecule has 0 amide bonds. The molecule has 2 aromatic rings. The van der Waals surface area contributed by atoms with Gasteiger partial charge in [-0.3, -0.25) is 0 Å². The lowest BCUT2D eigenvalue weighted by molar-refractivity contribution is 0.259. The molecule has 3 heteroatoms. The molecule has 0 radical (unpaired) electrons. The lowest BCUT2D eigenvalue weighted by Gasteiger charge is -2.28. The van der Waals surface area contributed by atoms with E-state index in [1.165, 1.54) is 17.7 Å². The highest BCUT2D eigenvalue weighted by Gasteiger charge is 2.23. The van der Waals surface area contributed by atoms with Crippen LogP contribution >= 0.6 is 0 Å². The molecule has 3 rings (SSSR count). The van der Waals surface area contributed by atoms with Gasteiger partial charge in [0, 0.05) is 6.04 Å². The first-order chi connectivity index (χ1) is 9.74. The summed E-state index contributed by atoms with van der Waals surface area (Å²) in [5.41, 5.74) is 8.48. The van der Waals surface area contributed by atoms with E-state index in [0.29, 0.717) is 5.92 Å². The summed E-state index contributed by atoms with van der Waals surface area (Å²) in [6.45, 7) is 0.734. The number of para-hydroxylation sites is 1. The molecule has 1 heterocycles. The van der Waals surface area contributed by atoms with E-state index in [1.807, 2.05) is 18.2 Å². The Morgan fingerprint density at radius 2 is 1.90 bits per heavy atom. The van der Waals surface area contributed by atoms with Crippen LogP contribution in [-0.4, -0.2) is 6.61 Å². The Kier molecular flexibility index (Phi) is 3.70. The summed E-state index contributed by atoms with van der Waals surface area (Å²) in [4.78, 5) is 0. The van der Waals surface area contributed by atoms with Crippen LogP contribution in [-0.2, 0) is 0 Å². The Morgan fingerprint density at radius 3 is 2.70 bits per heavy atom. The minimum atomic E-state index is -0.225. The first-order valence-corrected chi connectivity index (χ1v) is 6.97. The molecule has 2 unspecified atom stereocenters. The Balaban J connectivity index is 1.77. The predicted molar refractivity (Wildman–Crippen MR) is 77.2 cm³/mol. The second-order valence-corrected chi connectivity index (χ2v) is 5.27. The normalized spacial score (nSPS) is 19.0. The zero-order valence-corrected chi connectivity index (χ0v) is 11.3. The number of rotatable bonds is 3. The van der Waals surface area contributed by atoms with Crippen LogP contribution in [0.2, 0.25) is 0 Å². The molecular weight excluding hydrogens is 253 g/mol. The fourth-order valence-electron chi connectivity index (χ4n) is 2.81. The minimum Gasteiger partial charge on any atom is -0.493 e. The average molecular weight is 271 g/mol. The summed E-state index contributed by atoms with van der Waals surface area (Å²) >= 11 is 0. The van der Waals surface area contributed by atoms with Crippen LogP contribution in [0.3, 0.4) is 0 Å². The fourth-order valence-corrected chi connectivity index (χ4v) is 2.81. The predicted octanol–water partition coefficient (Wildman–Crippen LogP) is 3.78. The first kappa shape index (κ1) is 13.1. The van der Waals surface area contributed by atoms with Gasteiger partial charge in [0.15, 0.2) is 0 Å². The van der Waals surface area contributed by atoms with Crippen molar-refractivity contribution >= 4 is 0 Å². The van der Waals surface area contributed by atoms with Crippen molar-refractivity contribution in [2.24, 2.45) is 5.73 Å². The summed E-state index contributed by atoms with van der Waals surface area (Å²) < 4.78 is 18.6. The molecule has 0 aromatic heterocycles. The second-order valence-electron chi connectivity index (χ2n) is 5.27. The molecule has 0 aliphatic carbocycles. The Bertz CT molecular complexity index is 582. The van der Waals surface area contributed by atoms with Gasteiger partial charge in [-0.25, -0.2) is 4.39 Å². The van der Waals surface area contributed by atoms with E-state index < -0.39 is 0 Å². The zero-order chi connectivity index (χ0) is 13.9. The maximum atomic E-state index is 12.9. The van der Waals surface area contributed by atoms with Gasteiger partial charge in [0.05, 0.1) is 6.61 Å². The summed E-state index contributed by atoms with van der Waals surface area (Å²) in [7, 11) is 0. The van der Waals surface area contributed by atoms with Crippen molar-refractivity contribution < 1.29 is 9.13 Å². The highest BCUT2D eigenvalue weighted by atomic mass is 19.1. The quantitative estimate of drug-likeness (QED) is 0.922. The Hall–Kier alpha value is -1.87. The van der Waals surface area contributed by atoms with E-state index >= 15 is 0 Å². The van der Waals surface area contributed by atoms with Crippen LogP contribution in [0.1, 0.15) is 35.9 Å². The number of hydrogen-bond acceptors (Lipinski definition) is 2. The molecule has 0 spiro atoms. The molecule has 20 heavy (non-hydrogen) atoms. The van der Waals surface area contributed by atoms with Crippen molar-refractivity contribution in [1.29, 1.82) is 0 Å². The molecular formula is C17H18FNO. The van der Waals surface area contributed by atoms with Crippen molar-refractivity contribution in [3.63, 3.8) is 0 Å². The number of hydrogen-bond donors (Lipinski definition) is 1. The third-order valence-electron chi connectivity index (χ3n) is 3.92. The van der Waals surface area contributed by atoms with E-state index in [9.17, 15) is 4.39 Å². The lowest BCUT2D eigenvalue weighted by atomic mass is 9.86. The third kappa shape index (κ3) is 2.68. The van der Waals surface area contributed by atoms with E-state index in [1.54, 1.807) is 12.1 Å². The number of halogens is 1. The number of benzene rings is 2. The topological polar surface area (TPSA) is 35.2 Å². The van der Waals surface area contributed by atoms with Crippen LogP contribution in [0, 0.1) is 5.82 Å². The number of ether oxygens (including phenoxy) is 1. The lowest BCUT2D eigenvalue weighted by Crippen LogP contribution is -2.20. The smallest absolute Gasteiger partial charge is 0.123 e. The van der Waals surface area contributed by atoms with E-state index in [-0.39, 0.29) is 11.9 Å². The van der Waals surface area contributed by atoms with Crippen LogP contribution < -0.4 is 10.5 Å². The van der Waals surface area contributed by atoms with E-state index in [4.69, 9.17) is 10.5 Å². The van der Waals surface area contributed by atoms with Gasteiger partial charge in [-0.05, 0) is 48.1 Å². The van der Waals surface area contributed by atoms with Gasteiger partial charge in [-0.15, -0.1) is 0 Å². The minimum absolute atomic E-state index is 0.0771. The molecule has 2 aromatic carbocycles. The van der Waals surface area contributed by atoms with Gasteiger partial charge < -0.3 is 10.5 Å². The van der Waals surface area contributed by atoms with Gasteiger partial charge in [0.2, 0.25) is 0 Å². The van der Waals surface area contributed by atoms with Gasteiger partial charge >= 0.3 is 0 Å². The molecule has 0 saturated heterocycles. The van der Waals surface area contributed by atoms with Crippen molar-refractivity contribution in [3.05, 3.63) is 65.5 Å². The fraction of sp³-hybridized carbons (Fsp3) is 0.294. The molecule has 2 N–H and O–H groups in total. The summed E-state index contributed by atoms with van der Waals surface area (Å²) in [6, 6.07) is 14.5. The monoisotopic (exact) mass is 271 g/mol. The molecule has 0 bridgehead atoms. The Labute approximate surface area is 118 Å².